The Labute approximate surface area is 123 Å². The van der Waals surface area contributed by atoms with Gasteiger partial charge in [0.2, 0.25) is 0 Å². The minimum absolute atomic E-state index is 0.0206. The quantitative estimate of drug-likeness (QED) is 0.760. The summed E-state index contributed by atoms with van der Waals surface area (Å²) in [6, 6.07) is 7.49. The second-order valence-electron chi connectivity index (χ2n) is 5.20. The van der Waals surface area contributed by atoms with E-state index in [9.17, 15) is 19.8 Å². The summed E-state index contributed by atoms with van der Waals surface area (Å²) in [5.74, 6) is -1.45. The van der Waals surface area contributed by atoms with Crippen LogP contribution in [-0.4, -0.2) is 29.3 Å². The number of aliphatic hydroxyl groups is 1. The number of ether oxygens (including phenoxy) is 1. The maximum absolute atomic E-state index is 11.6. The van der Waals surface area contributed by atoms with Crippen molar-refractivity contribution in [3.05, 3.63) is 35.9 Å². The van der Waals surface area contributed by atoms with Crippen LogP contribution in [-0.2, 0) is 16.1 Å². The minimum atomic E-state index is -1.54. The lowest BCUT2D eigenvalue weighted by Gasteiger charge is -2.25. The first kappa shape index (κ1) is 17.0. The van der Waals surface area contributed by atoms with Gasteiger partial charge in [-0.05, 0) is 17.9 Å². The van der Waals surface area contributed by atoms with Gasteiger partial charge in [-0.15, -0.1) is 0 Å². The number of aliphatic hydroxyl groups excluding tert-OH is 1. The Balaban J connectivity index is 2.51. The number of amides is 1. The van der Waals surface area contributed by atoms with Crippen LogP contribution in [0.2, 0.25) is 0 Å². The van der Waals surface area contributed by atoms with Gasteiger partial charge in [0.25, 0.3) is 0 Å². The van der Waals surface area contributed by atoms with Crippen molar-refractivity contribution in [3.8, 4) is 0 Å². The highest BCUT2D eigenvalue weighted by molar-refractivity contribution is 5.79. The first-order valence-corrected chi connectivity index (χ1v) is 6.76. The molecule has 21 heavy (non-hydrogen) atoms. The van der Waals surface area contributed by atoms with Crippen LogP contribution in [0.3, 0.4) is 0 Å². The maximum atomic E-state index is 11.6. The van der Waals surface area contributed by atoms with Gasteiger partial charge in [0.15, 0.2) is 0 Å². The second kappa shape index (κ2) is 8.26. The molecule has 1 rings (SSSR count). The zero-order valence-corrected chi connectivity index (χ0v) is 12.1. The number of alkyl carbamates (subject to hydrolysis) is 1. The van der Waals surface area contributed by atoms with Crippen LogP contribution in [0.25, 0.3) is 0 Å². The van der Waals surface area contributed by atoms with Gasteiger partial charge < -0.3 is 25.1 Å². The Morgan fingerprint density at radius 1 is 1.29 bits per heavy atom. The van der Waals surface area contributed by atoms with Crippen LogP contribution in [0, 0.1) is 5.92 Å². The molecule has 0 radical (unpaired) electrons. The summed E-state index contributed by atoms with van der Waals surface area (Å²) in [4.78, 5) is 22.6. The molecule has 0 fully saturated rings. The van der Waals surface area contributed by atoms with Crippen molar-refractivity contribution in [1.82, 2.24) is 5.32 Å². The lowest BCUT2D eigenvalue weighted by atomic mass is 10.0. The van der Waals surface area contributed by atoms with Crippen molar-refractivity contribution in [3.63, 3.8) is 0 Å². The summed E-state index contributed by atoms with van der Waals surface area (Å²) < 4.78 is 4.91. The molecular weight excluding hydrogens is 274 g/mol. The molecule has 0 bridgehead atoms. The third kappa shape index (κ3) is 6.27. The van der Waals surface area contributed by atoms with Gasteiger partial charge in [0.05, 0.1) is 18.1 Å². The third-order valence-corrected chi connectivity index (χ3v) is 2.84. The molecule has 2 atom stereocenters. The fourth-order valence-electron chi connectivity index (χ4n) is 1.82. The molecule has 1 aromatic rings. The van der Waals surface area contributed by atoms with E-state index in [-0.39, 0.29) is 18.9 Å². The first-order chi connectivity index (χ1) is 9.90. The molecule has 116 valence electrons. The van der Waals surface area contributed by atoms with Crippen LogP contribution < -0.4 is 10.4 Å². The fraction of sp³-hybridized carbons (Fsp3) is 0.467. The minimum Gasteiger partial charge on any atom is -0.548 e. The Morgan fingerprint density at radius 3 is 2.43 bits per heavy atom. The Morgan fingerprint density at radius 2 is 1.90 bits per heavy atom. The van der Waals surface area contributed by atoms with Crippen molar-refractivity contribution < 1.29 is 24.5 Å². The molecule has 0 spiro atoms. The number of carbonyl (C=O) groups excluding carboxylic acids is 2. The highest BCUT2D eigenvalue weighted by Crippen LogP contribution is 2.08. The molecule has 0 aliphatic carbocycles. The standard InChI is InChI=1S/C15H21NO5/c1-10(2)8-12(17)13(14(18)19)16-15(20)21-9-11-6-4-3-5-7-11/h3-7,10,12-13,17H,8-9H2,1-2H3,(H,16,20)(H,18,19)/p-1. The average Bonchev–Trinajstić information content (AvgIpc) is 2.42. The zero-order valence-electron chi connectivity index (χ0n) is 12.1. The lowest BCUT2D eigenvalue weighted by molar-refractivity contribution is -0.310. The summed E-state index contributed by atoms with van der Waals surface area (Å²) in [7, 11) is 0. The van der Waals surface area contributed by atoms with Crippen molar-refractivity contribution in [1.29, 1.82) is 0 Å². The third-order valence-electron chi connectivity index (χ3n) is 2.84. The molecule has 0 aliphatic rings. The number of carboxylic acids is 1. The van der Waals surface area contributed by atoms with Crippen molar-refractivity contribution in [2.45, 2.75) is 39.0 Å². The van der Waals surface area contributed by atoms with Crippen molar-refractivity contribution >= 4 is 12.1 Å². The molecule has 0 saturated carbocycles. The van der Waals surface area contributed by atoms with E-state index in [0.717, 1.165) is 5.56 Å². The highest BCUT2D eigenvalue weighted by Gasteiger charge is 2.23. The van der Waals surface area contributed by atoms with Crippen LogP contribution in [0.5, 0.6) is 0 Å². The summed E-state index contributed by atoms with van der Waals surface area (Å²) in [5.41, 5.74) is 0.778. The van der Waals surface area contributed by atoms with Crippen LogP contribution in [0.1, 0.15) is 25.8 Å². The summed E-state index contributed by atoms with van der Waals surface area (Å²) in [5, 5.41) is 22.9. The summed E-state index contributed by atoms with van der Waals surface area (Å²) in [6.07, 6.45) is -1.90. The van der Waals surface area contributed by atoms with Crippen molar-refractivity contribution in [2.75, 3.05) is 0 Å². The highest BCUT2D eigenvalue weighted by atomic mass is 16.5. The molecule has 1 amide bonds. The molecule has 0 heterocycles. The Bertz CT molecular complexity index is 460. The number of hydrogen-bond donors (Lipinski definition) is 2. The van der Waals surface area contributed by atoms with Crippen LogP contribution >= 0.6 is 0 Å². The molecule has 2 unspecified atom stereocenters. The first-order valence-electron chi connectivity index (χ1n) is 6.76. The summed E-state index contributed by atoms with van der Waals surface area (Å²) >= 11 is 0. The Hall–Kier alpha value is -2.08. The van der Waals surface area contributed by atoms with E-state index in [1.807, 2.05) is 19.9 Å². The number of hydrogen-bond acceptors (Lipinski definition) is 5. The van der Waals surface area contributed by atoms with E-state index >= 15 is 0 Å². The van der Waals surface area contributed by atoms with Gasteiger partial charge in [-0.2, -0.15) is 0 Å². The molecule has 6 nitrogen and oxygen atoms in total. The summed E-state index contributed by atoms with van der Waals surface area (Å²) in [6.45, 7) is 3.69. The molecule has 2 N–H and O–H groups in total. The van der Waals surface area contributed by atoms with Gasteiger partial charge in [0, 0.05) is 0 Å². The average molecular weight is 294 g/mol. The zero-order chi connectivity index (χ0) is 15.8. The van der Waals surface area contributed by atoms with Crippen LogP contribution in [0.15, 0.2) is 30.3 Å². The molecule has 6 heteroatoms. The van der Waals surface area contributed by atoms with Gasteiger partial charge in [-0.25, -0.2) is 4.79 Å². The van der Waals surface area contributed by atoms with Gasteiger partial charge in [-0.3, -0.25) is 0 Å². The smallest absolute Gasteiger partial charge is 0.408 e. The number of aliphatic carboxylic acids is 1. The van der Waals surface area contributed by atoms with Gasteiger partial charge in [-0.1, -0.05) is 44.2 Å². The fourth-order valence-corrected chi connectivity index (χ4v) is 1.82. The predicted molar refractivity (Wildman–Crippen MR) is 74.0 cm³/mol. The number of carbonyl (C=O) groups is 2. The molecular formula is C15H20NO5-. The number of carboxylic acid groups (broad SMARTS) is 1. The predicted octanol–water partition coefficient (Wildman–Crippen LogP) is 0.438. The number of rotatable bonds is 7. The molecule has 1 aromatic carbocycles. The van der Waals surface area contributed by atoms with Crippen molar-refractivity contribution in [2.24, 2.45) is 5.92 Å². The number of benzene rings is 1. The molecule has 0 aromatic heterocycles. The van der Waals surface area contributed by atoms with E-state index < -0.39 is 24.2 Å². The van der Waals surface area contributed by atoms with E-state index in [2.05, 4.69) is 5.32 Å². The van der Waals surface area contributed by atoms with E-state index in [0.29, 0.717) is 0 Å². The van der Waals surface area contributed by atoms with E-state index in [1.54, 1.807) is 24.3 Å². The second-order valence-corrected chi connectivity index (χ2v) is 5.20. The molecule has 0 aliphatic heterocycles. The van der Waals surface area contributed by atoms with Gasteiger partial charge >= 0.3 is 6.09 Å². The van der Waals surface area contributed by atoms with E-state index in [4.69, 9.17) is 4.74 Å². The van der Waals surface area contributed by atoms with Crippen LogP contribution in [0.4, 0.5) is 4.79 Å². The Kier molecular flexibility index (Phi) is 6.68. The maximum Gasteiger partial charge on any atom is 0.408 e. The molecule has 0 saturated heterocycles. The SMILES string of the molecule is CC(C)CC(O)C(NC(=O)OCc1ccccc1)C(=O)[O-]. The lowest BCUT2D eigenvalue weighted by Crippen LogP contribution is -2.54. The largest absolute Gasteiger partial charge is 0.548 e. The number of nitrogens with one attached hydrogen (secondary N) is 1. The topological polar surface area (TPSA) is 98.7 Å². The van der Waals surface area contributed by atoms with E-state index in [1.165, 1.54) is 0 Å². The van der Waals surface area contributed by atoms with Gasteiger partial charge in [0.1, 0.15) is 6.61 Å². The monoisotopic (exact) mass is 294 g/mol. The normalized spacial score (nSPS) is 13.5.